The number of aliphatic imine (C=N–C) groups is 1. The van der Waals surface area contributed by atoms with Gasteiger partial charge in [-0.15, -0.1) is 0 Å². The second kappa shape index (κ2) is 10.9. The summed E-state index contributed by atoms with van der Waals surface area (Å²) in [6.45, 7) is 14.0. The lowest BCUT2D eigenvalue weighted by Gasteiger charge is -2.20. The van der Waals surface area contributed by atoms with Crippen molar-refractivity contribution < 1.29 is 4.79 Å². The number of amides is 1. The first-order valence-corrected chi connectivity index (χ1v) is 9.48. The van der Waals surface area contributed by atoms with Gasteiger partial charge in [-0.1, -0.05) is 51.5 Å². The van der Waals surface area contributed by atoms with Gasteiger partial charge in [-0.25, -0.2) is 0 Å². The number of allylic oxidation sites excluding steroid dienone is 1. The van der Waals surface area contributed by atoms with Crippen molar-refractivity contribution in [2.75, 3.05) is 13.1 Å². The van der Waals surface area contributed by atoms with E-state index in [1.165, 1.54) is 5.56 Å². The van der Waals surface area contributed by atoms with Crippen LogP contribution in [0.3, 0.4) is 0 Å². The second-order valence-corrected chi connectivity index (χ2v) is 7.06. The summed E-state index contributed by atoms with van der Waals surface area (Å²) in [7, 11) is 0. The third-order valence-electron chi connectivity index (χ3n) is 4.27. The predicted octanol–water partition coefficient (Wildman–Crippen LogP) is 5.36. The summed E-state index contributed by atoms with van der Waals surface area (Å²) >= 11 is 0. The van der Waals surface area contributed by atoms with E-state index >= 15 is 0 Å². The van der Waals surface area contributed by atoms with Gasteiger partial charge in [-0.05, 0) is 56.2 Å². The first-order valence-electron chi connectivity index (χ1n) is 9.48. The number of rotatable bonds is 9. The maximum absolute atomic E-state index is 12.4. The van der Waals surface area contributed by atoms with Crippen molar-refractivity contribution >= 4 is 17.2 Å². The number of nitrogens with zero attached hydrogens (tertiary/aromatic N) is 2. The van der Waals surface area contributed by atoms with Crippen molar-refractivity contribution in [3.63, 3.8) is 0 Å². The highest BCUT2D eigenvalue weighted by Gasteiger charge is 2.13. The minimum absolute atomic E-state index is 0.0345. The molecule has 0 unspecified atom stereocenters. The molecule has 0 bridgehead atoms. The minimum Gasteiger partial charge on any atom is -0.338 e. The number of carbonyl (C=O) groups excluding carboxylic acids is 1. The molecule has 0 fully saturated rings. The lowest BCUT2D eigenvalue weighted by Crippen LogP contribution is -2.36. The van der Waals surface area contributed by atoms with Crippen LogP contribution in [0, 0.1) is 5.92 Å². The van der Waals surface area contributed by atoms with Gasteiger partial charge in [0.15, 0.2) is 0 Å². The van der Waals surface area contributed by atoms with E-state index in [0.29, 0.717) is 11.6 Å². The van der Waals surface area contributed by atoms with Crippen molar-refractivity contribution in [3.8, 4) is 0 Å². The molecule has 0 saturated heterocycles. The van der Waals surface area contributed by atoms with Crippen LogP contribution in [0.5, 0.6) is 0 Å². The second-order valence-electron chi connectivity index (χ2n) is 7.06. The standard InChI is InChI=1S/C22H34N2O/c1-7-9-14-24(8-2)22(25)19(6)23-16-18(5)21-12-10-20(11-13-21)15-17(3)4/h10-13,16-17H,7-9,14-15H2,1-6H3/b18-16+,23-19?. The molecule has 1 aromatic rings. The summed E-state index contributed by atoms with van der Waals surface area (Å²) in [5, 5.41) is 0. The Morgan fingerprint density at radius 3 is 2.32 bits per heavy atom. The molecule has 0 aromatic heterocycles. The Kier molecular flexibility index (Phi) is 9.18. The van der Waals surface area contributed by atoms with E-state index in [1.807, 2.05) is 18.7 Å². The van der Waals surface area contributed by atoms with E-state index in [4.69, 9.17) is 0 Å². The zero-order valence-electron chi connectivity index (χ0n) is 16.8. The molecule has 0 radical (unpaired) electrons. The van der Waals surface area contributed by atoms with Gasteiger partial charge in [0, 0.05) is 19.3 Å². The largest absolute Gasteiger partial charge is 0.338 e. The molecule has 0 atom stereocenters. The molecule has 3 heteroatoms. The normalized spacial score (nSPS) is 12.6. The van der Waals surface area contributed by atoms with Gasteiger partial charge in [-0.3, -0.25) is 9.79 Å². The van der Waals surface area contributed by atoms with Crippen LogP contribution in [0.1, 0.15) is 65.5 Å². The van der Waals surface area contributed by atoms with Crippen LogP contribution in [-0.4, -0.2) is 29.6 Å². The zero-order valence-corrected chi connectivity index (χ0v) is 16.8. The maximum Gasteiger partial charge on any atom is 0.267 e. The molecular weight excluding hydrogens is 308 g/mol. The SMILES string of the molecule is CCCCN(CC)C(=O)C(C)=N/C=C(\C)c1ccc(CC(C)C)cc1. The van der Waals surface area contributed by atoms with Gasteiger partial charge in [0.1, 0.15) is 5.71 Å². The molecule has 0 N–H and O–H groups in total. The van der Waals surface area contributed by atoms with Crippen LogP contribution in [0.25, 0.3) is 5.57 Å². The summed E-state index contributed by atoms with van der Waals surface area (Å²) in [5.41, 5.74) is 4.12. The topological polar surface area (TPSA) is 32.7 Å². The Bertz CT molecular complexity index is 597. The molecule has 0 spiro atoms. The zero-order chi connectivity index (χ0) is 18.8. The fraction of sp³-hybridized carbons (Fsp3) is 0.545. The van der Waals surface area contributed by atoms with Crippen molar-refractivity contribution in [1.82, 2.24) is 4.90 Å². The van der Waals surface area contributed by atoms with Crippen LogP contribution in [0.15, 0.2) is 35.5 Å². The molecule has 0 aliphatic rings. The fourth-order valence-corrected chi connectivity index (χ4v) is 2.68. The summed E-state index contributed by atoms with van der Waals surface area (Å²) in [5.74, 6) is 0.697. The highest BCUT2D eigenvalue weighted by atomic mass is 16.2. The Morgan fingerprint density at radius 2 is 1.80 bits per heavy atom. The average molecular weight is 343 g/mol. The van der Waals surface area contributed by atoms with E-state index in [2.05, 4.69) is 50.0 Å². The fourth-order valence-electron chi connectivity index (χ4n) is 2.68. The Labute approximate surface area is 153 Å². The Morgan fingerprint density at radius 1 is 1.16 bits per heavy atom. The van der Waals surface area contributed by atoms with E-state index in [0.717, 1.165) is 43.5 Å². The summed E-state index contributed by atoms with van der Waals surface area (Å²) in [6, 6.07) is 8.63. The summed E-state index contributed by atoms with van der Waals surface area (Å²) in [6.07, 6.45) is 5.02. The van der Waals surface area contributed by atoms with Gasteiger partial charge in [0.2, 0.25) is 0 Å². The third-order valence-corrected chi connectivity index (χ3v) is 4.27. The molecular formula is C22H34N2O. The molecule has 3 nitrogen and oxygen atoms in total. The van der Waals surface area contributed by atoms with E-state index in [9.17, 15) is 4.79 Å². The number of hydrogen-bond donors (Lipinski definition) is 0. The third kappa shape index (κ3) is 7.25. The monoisotopic (exact) mass is 342 g/mol. The number of carbonyl (C=O) groups is 1. The van der Waals surface area contributed by atoms with Gasteiger partial charge < -0.3 is 4.90 Å². The molecule has 1 aromatic carbocycles. The summed E-state index contributed by atoms with van der Waals surface area (Å²) < 4.78 is 0. The van der Waals surface area contributed by atoms with Crippen molar-refractivity contribution in [3.05, 3.63) is 41.6 Å². The van der Waals surface area contributed by atoms with Crippen molar-refractivity contribution in [2.24, 2.45) is 10.9 Å². The Hall–Kier alpha value is -1.90. The smallest absolute Gasteiger partial charge is 0.267 e. The molecule has 25 heavy (non-hydrogen) atoms. The number of unbranched alkanes of at least 4 members (excludes halogenated alkanes) is 1. The molecule has 0 saturated carbocycles. The van der Waals surface area contributed by atoms with Crippen molar-refractivity contribution in [1.29, 1.82) is 0 Å². The molecule has 1 rings (SSSR count). The van der Waals surface area contributed by atoms with Crippen LogP contribution in [0.4, 0.5) is 0 Å². The Balaban J connectivity index is 2.79. The lowest BCUT2D eigenvalue weighted by molar-refractivity contribution is -0.124. The van der Waals surface area contributed by atoms with Gasteiger partial charge in [-0.2, -0.15) is 0 Å². The quantitative estimate of drug-likeness (QED) is 0.556. The lowest BCUT2D eigenvalue weighted by atomic mass is 10.00. The van der Waals surface area contributed by atoms with Crippen LogP contribution < -0.4 is 0 Å². The average Bonchev–Trinajstić information content (AvgIpc) is 2.59. The molecule has 138 valence electrons. The van der Waals surface area contributed by atoms with E-state index in [-0.39, 0.29) is 5.91 Å². The van der Waals surface area contributed by atoms with Gasteiger partial charge >= 0.3 is 0 Å². The van der Waals surface area contributed by atoms with Gasteiger partial charge in [0.25, 0.3) is 5.91 Å². The van der Waals surface area contributed by atoms with E-state index in [1.54, 1.807) is 13.1 Å². The van der Waals surface area contributed by atoms with Crippen LogP contribution >= 0.6 is 0 Å². The maximum atomic E-state index is 12.4. The van der Waals surface area contributed by atoms with E-state index < -0.39 is 0 Å². The highest BCUT2D eigenvalue weighted by molar-refractivity contribution is 6.38. The molecule has 0 aliphatic heterocycles. The predicted molar refractivity (Wildman–Crippen MR) is 109 cm³/mol. The first kappa shape index (κ1) is 21.1. The van der Waals surface area contributed by atoms with Gasteiger partial charge in [0.05, 0.1) is 0 Å². The molecule has 0 heterocycles. The van der Waals surface area contributed by atoms with Crippen LogP contribution in [0.2, 0.25) is 0 Å². The number of hydrogen-bond acceptors (Lipinski definition) is 2. The van der Waals surface area contributed by atoms with Crippen molar-refractivity contribution in [2.45, 2.75) is 60.8 Å². The minimum atomic E-state index is 0.0345. The first-order chi connectivity index (χ1) is 11.9. The molecule has 1 amide bonds. The summed E-state index contributed by atoms with van der Waals surface area (Å²) in [4.78, 5) is 18.7. The highest BCUT2D eigenvalue weighted by Crippen LogP contribution is 2.16. The number of benzene rings is 1. The van der Waals surface area contributed by atoms with Crippen LogP contribution in [-0.2, 0) is 11.2 Å². The molecule has 0 aliphatic carbocycles.